The number of allylic oxidation sites excluding steroid dienone is 3. The van der Waals surface area contributed by atoms with Crippen LogP contribution < -0.4 is 0 Å². The molecule has 0 aliphatic heterocycles. The Morgan fingerprint density at radius 2 is 1.90 bits per heavy atom. The lowest BCUT2D eigenvalue weighted by molar-refractivity contribution is 0.0541. The molecule has 3 heteroatoms. The molecule has 0 spiro atoms. The molecule has 3 N–H and O–H groups in total. The highest BCUT2D eigenvalue weighted by Gasteiger charge is 2.51. The van der Waals surface area contributed by atoms with Gasteiger partial charge in [0.1, 0.15) is 0 Å². The van der Waals surface area contributed by atoms with E-state index in [0.717, 1.165) is 36.3 Å². The lowest BCUT2D eigenvalue weighted by Gasteiger charge is -2.47. The molecule has 31 heavy (non-hydrogen) atoms. The minimum atomic E-state index is -0.621. The van der Waals surface area contributed by atoms with E-state index in [1.54, 1.807) is 5.57 Å². The number of hydrogen-bond donors (Lipinski definition) is 3. The average Bonchev–Trinajstić information content (AvgIpc) is 2.98. The van der Waals surface area contributed by atoms with Crippen LogP contribution in [0.1, 0.15) is 92.4 Å². The Morgan fingerprint density at radius 3 is 2.58 bits per heavy atom. The molecule has 0 saturated heterocycles. The summed E-state index contributed by atoms with van der Waals surface area (Å²) in [5.74, 6) is 2.74. The first-order valence-corrected chi connectivity index (χ1v) is 12.6. The number of fused-ring (bicyclic) bond motifs is 1. The average molecular weight is 431 g/mol. The van der Waals surface area contributed by atoms with Gasteiger partial charge in [-0.15, -0.1) is 0 Å². The van der Waals surface area contributed by atoms with Crippen molar-refractivity contribution in [2.45, 2.75) is 110 Å². The van der Waals surface area contributed by atoms with E-state index >= 15 is 0 Å². The van der Waals surface area contributed by atoms with Crippen LogP contribution in [0, 0.1) is 29.1 Å². The lowest BCUT2D eigenvalue weighted by atomic mass is 9.58. The van der Waals surface area contributed by atoms with Crippen molar-refractivity contribution in [3.8, 4) is 0 Å². The zero-order valence-corrected chi connectivity index (χ0v) is 20.5. The van der Waals surface area contributed by atoms with Crippen LogP contribution in [-0.4, -0.2) is 33.1 Å². The Bertz CT molecular complexity index is 712. The van der Waals surface area contributed by atoms with E-state index in [0.29, 0.717) is 36.0 Å². The third-order valence-electron chi connectivity index (χ3n) is 8.63. The number of hydrogen-bond acceptors (Lipinski definition) is 3. The van der Waals surface area contributed by atoms with Gasteiger partial charge >= 0.3 is 0 Å². The molecule has 3 aliphatic rings. The molecule has 3 nitrogen and oxygen atoms in total. The maximum Gasteiger partial charge on any atom is 0.0811 e. The highest BCUT2D eigenvalue weighted by Crippen LogP contribution is 2.61. The van der Waals surface area contributed by atoms with Crippen LogP contribution in [0.25, 0.3) is 0 Å². The summed E-state index contributed by atoms with van der Waals surface area (Å²) in [5.41, 5.74) is 3.13. The standard InChI is InChI=1S/C28H46O3/c1-18-14-22(10-9-21-15-23(29)16-26(30)20(21)3)25-12-11-24(28(25,6)17-18)19(2)8-7-13-27(4,5)31/h9-10,18-19,23-26,29-31H,3,7-8,11-17H2,1-2,4-6H3/b21-9-,22-10+/t18-,19+,23+,24+,25-,26-,28+/m0/s1. The first kappa shape index (κ1) is 24.7. The molecule has 3 rings (SSSR count). The van der Waals surface area contributed by atoms with Gasteiger partial charge in [0.15, 0.2) is 0 Å². The summed E-state index contributed by atoms with van der Waals surface area (Å²) in [4.78, 5) is 0. The molecular weight excluding hydrogens is 384 g/mol. The van der Waals surface area contributed by atoms with Gasteiger partial charge in [0.25, 0.3) is 0 Å². The predicted molar refractivity (Wildman–Crippen MR) is 129 cm³/mol. The Morgan fingerprint density at radius 1 is 1.19 bits per heavy atom. The van der Waals surface area contributed by atoms with Gasteiger partial charge in [-0.1, -0.05) is 57.9 Å². The topological polar surface area (TPSA) is 60.7 Å². The zero-order chi connectivity index (χ0) is 23.0. The molecule has 3 saturated carbocycles. The molecule has 0 heterocycles. The van der Waals surface area contributed by atoms with Crippen LogP contribution in [0.15, 0.2) is 35.5 Å². The van der Waals surface area contributed by atoms with Crippen molar-refractivity contribution in [2.24, 2.45) is 29.1 Å². The van der Waals surface area contributed by atoms with E-state index in [-0.39, 0.29) is 0 Å². The number of aliphatic hydroxyl groups is 3. The maximum absolute atomic E-state index is 10.2. The third kappa shape index (κ3) is 5.72. The van der Waals surface area contributed by atoms with Crippen molar-refractivity contribution in [1.29, 1.82) is 0 Å². The third-order valence-corrected chi connectivity index (χ3v) is 8.63. The highest BCUT2D eigenvalue weighted by molar-refractivity contribution is 5.38. The van der Waals surface area contributed by atoms with Crippen LogP contribution in [0.4, 0.5) is 0 Å². The van der Waals surface area contributed by atoms with Crippen LogP contribution in [0.5, 0.6) is 0 Å². The van der Waals surface area contributed by atoms with Crippen LogP contribution in [-0.2, 0) is 0 Å². The monoisotopic (exact) mass is 430 g/mol. The summed E-state index contributed by atoms with van der Waals surface area (Å²) in [5, 5.41) is 30.3. The van der Waals surface area contributed by atoms with Gasteiger partial charge < -0.3 is 15.3 Å². The van der Waals surface area contributed by atoms with Crippen LogP contribution >= 0.6 is 0 Å². The normalized spacial score (nSPS) is 40.4. The molecule has 0 unspecified atom stereocenters. The summed E-state index contributed by atoms with van der Waals surface area (Å²) in [7, 11) is 0. The Hall–Kier alpha value is -0.900. The van der Waals surface area contributed by atoms with Crippen LogP contribution in [0.2, 0.25) is 0 Å². The van der Waals surface area contributed by atoms with Gasteiger partial charge in [-0.05, 0) is 92.6 Å². The molecule has 0 aromatic rings. The first-order valence-electron chi connectivity index (χ1n) is 12.6. The Balaban J connectivity index is 1.75. The second-order valence-electron chi connectivity index (χ2n) is 12.0. The second-order valence-corrected chi connectivity index (χ2v) is 12.0. The van der Waals surface area contributed by atoms with Gasteiger partial charge in [0, 0.05) is 6.42 Å². The maximum atomic E-state index is 10.2. The van der Waals surface area contributed by atoms with Gasteiger partial charge in [-0.2, -0.15) is 0 Å². The van der Waals surface area contributed by atoms with Crippen molar-refractivity contribution in [2.75, 3.05) is 0 Å². The summed E-state index contributed by atoms with van der Waals surface area (Å²) in [6.45, 7) is 15.3. The fourth-order valence-electron chi connectivity index (χ4n) is 7.18. The van der Waals surface area contributed by atoms with E-state index in [1.807, 2.05) is 13.8 Å². The molecule has 0 aromatic carbocycles. The molecule has 0 radical (unpaired) electrons. The van der Waals surface area contributed by atoms with E-state index in [9.17, 15) is 15.3 Å². The minimum absolute atomic E-state index is 0.346. The van der Waals surface area contributed by atoms with E-state index in [1.165, 1.54) is 25.7 Å². The van der Waals surface area contributed by atoms with Gasteiger partial charge in [-0.25, -0.2) is 0 Å². The smallest absolute Gasteiger partial charge is 0.0811 e. The molecule has 3 fully saturated rings. The number of aliphatic hydroxyl groups excluding tert-OH is 2. The number of rotatable bonds is 6. The zero-order valence-electron chi connectivity index (χ0n) is 20.5. The summed E-state index contributed by atoms with van der Waals surface area (Å²) >= 11 is 0. The van der Waals surface area contributed by atoms with Crippen molar-refractivity contribution in [3.63, 3.8) is 0 Å². The second kappa shape index (κ2) is 9.53. The quantitative estimate of drug-likeness (QED) is 0.488. The van der Waals surface area contributed by atoms with E-state index in [2.05, 4.69) is 39.5 Å². The minimum Gasteiger partial charge on any atom is -0.393 e. The Kier molecular flexibility index (Phi) is 7.61. The van der Waals surface area contributed by atoms with Gasteiger partial charge in [0.2, 0.25) is 0 Å². The predicted octanol–water partition coefficient (Wildman–Crippen LogP) is 5.95. The molecule has 3 aliphatic carbocycles. The molecule has 0 bridgehead atoms. The molecular formula is C28H46O3. The van der Waals surface area contributed by atoms with Gasteiger partial charge in [0.05, 0.1) is 17.8 Å². The first-order chi connectivity index (χ1) is 14.4. The highest BCUT2D eigenvalue weighted by atomic mass is 16.3. The van der Waals surface area contributed by atoms with Crippen molar-refractivity contribution in [3.05, 3.63) is 35.5 Å². The molecule has 0 aromatic heterocycles. The molecule has 7 atom stereocenters. The fraction of sp³-hybridized carbons (Fsp3) is 0.786. The molecule has 0 amide bonds. The largest absolute Gasteiger partial charge is 0.393 e. The summed E-state index contributed by atoms with van der Waals surface area (Å²) in [6.07, 6.45) is 12.6. The summed E-state index contributed by atoms with van der Waals surface area (Å²) in [6, 6.07) is 0. The molecule has 176 valence electrons. The fourth-order valence-corrected chi connectivity index (χ4v) is 7.18. The Labute approximate surface area is 190 Å². The van der Waals surface area contributed by atoms with Crippen LogP contribution in [0.3, 0.4) is 0 Å². The lowest BCUT2D eigenvalue weighted by Crippen LogP contribution is -2.38. The summed E-state index contributed by atoms with van der Waals surface area (Å²) < 4.78 is 0. The van der Waals surface area contributed by atoms with Gasteiger partial charge in [-0.3, -0.25) is 0 Å². The SMILES string of the molecule is C=C1/C(=C\C=C2/C[C@H](C)C[C@]3(C)[C@@H]([C@H](C)CCCC(C)(C)O)CC[C@@H]23)C[C@@H](O)C[C@@H]1O. The van der Waals surface area contributed by atoms with E-state index < -0.39 is 17.8 Å². The van der Waals surface area contributed by atoms with Crippen molar-refractivity contribution in [1.82, 2.24) is 0 Å². The van der Waals surface area contributed by atoms with Crippen molar-refractivity contribution >= 4 is 0 Å². The van der Waals surface area contributed by atoms with E-state index in [4.69, 9.17) is 0 Å². The van der Waals surface area contributed by atoms with Crippen molar-refractivity contribution < 1.29 is 15.3 Å².